The number of sulfone groups is 1. The third-order valence-corrected chi connectivity index (χ3v) is 5.42. The van der Waals surface area contributed by atoms with Crippen LogP contribution in [0.5, 0.6) is 0 Å². The Morgan fingerprint density at radius 3 is 2.78 bits per heavy atom. The summed E-state index contributed by atoms with van der Waals surface area (Å²) in [6.07, 6.45) is 6.48. The van der Waals surface area contributed by atoms with Crippen molar-refractivity contribution >= 4 is 31.6 Å². The largest absolute Gasteiger partial charge is 0.367 e. The highest BCUT2D eigenvalue weighted by molar-refractivity contribution is 9.10. The van der Waals surface area contributed by atoms with Gasteiger partial charge in [-0.1, -0.05) is 6.42 Å². The van der Waals surface area contributed by atoms with Gasteiger partial charge in [0, 0.05) is 23.0 Å². The van der Waals surface area contributed by atoms with E-state index in [0.717, 1.165) is 29.6 Å². The van der Waals surface area contributed by atoms with Gasteiger partial charge in [-0.2, -0.15) is 0 Å². The molecule has 0 radical (unpaired) electrons. The summed E-state index contributed by atoms with van der Waals surface area (Å²) in [6, 6.07) is 4.02. The molecule has 0 bridgehead atoms. The van der Waals surface area contributed by atoms with E-state index in [4.69, 9.17) is 0 Å². The number of nitrogens with zero attached hydrogens (tertiary/aromatic N) is 1. The Balaban J connectivity index is 2.00. The fourth-order valence-electron chi connectivity index (χ4n) is 2.34. The van der Waals surface area contributed by atoms with Crippen LogP contribution < -0.4 is 5.32 Å². The van der Waals surface area contributed by atoms with E-state index in [9.17, 15) is 8.42 Å². The molecule has 1 aromatic heterocycles. The molecule has 1 aromatic rings. The molecule has 0 saturated heterocycles. The zero-order chi connectivity index (χ0) is 13.2. The second-order valence-corrected chi connectivity index (χ2v) is 8.06. The Labute approximate surface area is 116 Å². The predicted molar refractivity (Wildman–Crippen MR) is 76.4 cm³/mol. The molecule has 1 aliphatic rings. The van der Waals surface area contributed by atoms with Crippen LogP contribution in [0, 0.1) is 0 Å². The van der Waals surface area contributed by atoms with Crippen molar-refractivity contribution in [3.8, 4) is 0 Å². The van der Waals surface area contributed by atoms with Gasteiger partial charge in [0.05, 0.1) is 5.25 Å². The summed E-state index contributed by atoms with van der Waals surface area (Å²) in [6.45, 7) is 0. The van der Waals surface area contributed by atoms with E-state index >= 15 is 0 Å². The normalized spacial score (nSPS) is 24.8. The first kappa shape index (κ1) is 13.8. The van der Waals surface area contributed by atoms with Gasteiger partial charge < -0.3 is 5.32 Å². The molecule has 1 saturated carbocycles. The lowest BCUT2D eigenvalue weighted by Crippen LogP contribution is -2.34. The number of rotatable bonds is 3. The van der Waals surface area contributed by atoms with E-state index in [-0.39, 0.29) is 11.3 Å². The number of anilines is 1. The first-order chi connectivity index (χ1) is 8.45. The third-order valence-electron chi connectivity index (χ3n) is 3.31. The second kappa shape index (κ2) is 5.57. The van der Waals surface area contributed by atoms with Gasteiger partial charge in [-0.3, -0.25) is 0 Å². The van der Waals surface area contributed by atoms with E-state index in [0.29, 0.717) is 6.42 Å². The minimum absolute atomic E-state index is 0.201. The number of aromatic nitrogens is 1. The Morgan fingerprint density at radius 1 is 1.39 bits per heavy atom. The second-order valence-electron chi connectivity index (χ2n) is 4.82. The molecular weight excluding hydrogens is 316 g/mol. The smallest absolute Gasteiger partial charge is 0.150 e. The van der Waals surface area contributed by atoms with Crippen LogP contribution in [-0.4, -0.2) is 30.9 Å². The Morgan fingerprint density at radius 2 is 2.17 bits per heavy atom. The molecule has 100 valence electrons. The van der Waals surface area contributed by atoms with Crippen molar-refractivity contribution in [2.75, 3.05) is 11.6 Å². The summed E-state index contributed by atoms with van der Waals surface area (Å²) in [4.78, 5) is 4.25. The van der Waals surface area contributed by atoms with Crippen molar-refractivity contribution < 1.29 is 8.42 Å². The van der Waals surface area contributed by atoms with E-state index in [2.05, 4.69) is 26.2 Å². The minimum atomic E-state index is -2.93. The van der Waals surface area contributed by atoms with Crippen molar-refractivity contribution in [3.63, 3.8) is 0 Å². The maximum Gasteiger partial charge on any atom is 0.150 e. The molecule has 1 N–H and O–H groups in total. The van der Waals surface area contributed by atoms with Crippen LogP contribution in [0.1, 0.15) is 25.7 Å². The van der Waals surface area contributed by atoms with Crippen LogP contribution >= 0.6 is 15.9 Å². The van der Waals surface area contributed by atoms with E-state index in [1.165, 1.54) is 6.26 Å². The maximum absolute atomic E-state index is 11.6. The molecule has 2 rings (SSSR count). The van der Waals surface area contributed by atoms with Crippen molar-refractivity contribution in [1.82, 2.24) is 4.98 Å². The molecule has 0 spiro atoms. The SMILES string of the molecule is CS(=O)(=O)C1CCCC(Nc2ccc(Br)cn2)C1. The fourth-order valence-corrected chi connectivity index (χ4v) is 3.75. The van der Waals surface area contributed by atoms with Gasteiger partial charge in [0.15, 0.2) is 0 Å². The molecule has 0 amide bonds. The van der Waals surface area contributed by atoms with Gasteiger partial charge in [-0.25, -0.2) is 13.4 Å². The molecule has 1 fully saturated rings. The number of halogens is 1. The summed E-state index contributed by atoms with van der Waals surface area (Å²) in [7, 11) is -2.93. The topological polar surface area (TPSA) is 59.1 Å². The third kappa shape index (κ3) is 3.68. The number of hydrogen-bond donors (Lipinski definition) is 1. The molecule has 2 atom stereocenters. The van der Waals surface area contributed by atoms with Gasteiger partial charge in [-0.15, -0.1) is 0 Å². The molecule has 1 heterocycles. The summed E-state index contributed by atoms with van der Waals surface area (Å²) in [5, 5.41) is 3.10. The van der Waals surface area contributed by atoms with Crippen molar-refractivity contribution in [2.45, 2.75) is 37.0 Å². The highest BCUT2D eigenvalue weighted by Crippen LogP contribution is 2.26. The molecule has 6 heteroatoms. The average molecular weight is 333 g/mol. The average Bonchev–Trinajstić information content (AvgIpc) is 2.31. The molecular formula is C12H17BrN2O2S. The molecule has 18 heavy (non-hydrogen) atoms. The fraction of sp³-hybridized carbons (Fsp3) is 0.583. The van der Waals surface area contributed by atoms with E-state index in [1.807, 2.05) is 12.1 Å². The van der Waals surface area contributed by atoms with Gasteiger partial charge in [0.1, 0.15) is 15.7 Å². The van der Waals surface area contributed by atoms with Crippen molar-refractivity contribution in [1.29, 1.82) is 0 Å². The number of nitrogens with one attached hydrogen (secondary N) is 1. The van der Waals surface area contributed by atoms with Crippen molar-refractivity contribution in [3.05, 3.63) is 22.8 Å². The van der Waals surface area contributed by atoms with Gasteiger partial charge in [-0.05, 0) is 47.3 Å². The highest BCUT2D eigenvalue weighted by Gasteiger charge is 2.28. The van der Waals surface area contributed by atoms with Crippen LogP contribution in [0.3, 0.4) is 0 Å². The molecule has 2 unspecified atom stereocenters. The molecule has 0 aromatic carbocycles. The van der Waals surface area contributed by atoms with Gasteiger partial charge in [0.25, 0.3) is 0 Å². The summed E-state index contributed by atoms with van der Waals surface area (Å²) in [5.41, 5.74) is 0. The quantitative estimate of drug-likeness (QED) is 0.924. The van der Waals surface area contributed by atoms with Crippen LogP contribution in [0.4, 0.5) is 5.82 Å². The summed E-state index contributed by atoms with van der Waals surface area (Å²) >= 11 is 3.34. The zero-order valence-electron chi connectivity index (χ0n) is 10.3. The summed E-state index contributed by atoms with van der Waals surface area (Å²) < 4.78 is 24.1. The zero-order valence-corrected chi connectivity index (χ0v) is 12.7. The van der Waals surface area contributed by atoms with Crippen LogP contribution in [0.15, 0.2) is 22.8 Å². The first-order valence-corrected chi connectivity index (χ1v) is 8.77. The lowest BCUT2D eigenvalue weighted by atomic mass is 9.95. The number of hydrogen-bond acceptors (Lipinski definition) is 4. The monoisotopic (exact) mass is 332 g/mol. The lowest BCUT2D eigenvalue weighted by molar-refractivity contribution is 0.452. The summed E-state index contributed by atoms with van der Waals surface area (Å²) in [5.74, 6) is 0.803. The first-order valence-electron chi connectivity index (χ1n) is 6.02. The van der Waals surface area contributed by atoms with E-state index in [1.54, 1.807) is 6.20 Å². The predicted octanol–water partition coefficient (Wildman–Crippen LogP) is 2.61. The van der Waals surface area contributed by atoms with Crippen LogP contribution in [-0.2, 0) is 9.84 Å². The Hall–Kier alpha value is -0.620. The molecule has 0 aliphatic heterocycles. The lowest BCUT2D eigenvalue weighted by Gasteiger charge is -2.29. The van der Waals surface area contributed by atoms with Crippen LogP contribution in [0.2, 0.25) is 0 Å². The highest BCUT2D eigenvalue weighted by atomic mass is 79.9. The van der Waals surface area contributed by atoms with E-state index < -0.39 is 9.84 Å². The van der Waals surface area contributed by atoms with Crippen LogP contribution in [0.25, 0.3) is 0 Å². The Bertz CT molecular complexity index is 501. The van der Waals surface area contributed by atoms with Gasteiger partial charge in [0.2, 0.25) is 0 Å². The van der Waals surface area contributed by atoms with Crippen molar-refractivity contribution in [2.24, 2.45) is 0 Å². The Kier molecular flexibility index (Phi) is 4.27. The molecule has 1 aliphatic carbocycles. The maximum atomic E-state index is 11.6. The number of pyridine rings is 1. The standard InChI is InChI=1S/C12H17BrN2O2S/c1-18(16,17)11-4-2-3-10(7-11)15-12-6-5-9(13)8-14-12/h5-6,8,10-11H,2-4,7H2,1H3,(H,14,15). The minimum Gasteiger partial charge on any atom is -0.367 e. The molecule has 4 nitrogen and oxygen atoms in total. The van der Waals surface area contributed by atoms with Gasteiger partial charge >= 0.3 is 0 Å².